The van der Waals surface area contributed by atoms with Crippen LogP contribution in [0.2, 0.25) is 0 Å². The molecule has 2 aromatic heterocycles. The Morgan fingerprint density at radius 3 is 3.05 bits per heavy atom. The molecular formula is C15H16N6. The van der Waals surface area contributed by atoms with Crippen LogP contribution in [0.4, 0.5) is 11.6 Å². The summed E-state index contributed by atoms with van der Waals surface area (Å²) in [7, 11) is 0. The average molecular weight is 280 g/mol. The van der Waals surface area contributed by atoms with E-state index < -0.39 is 0 Å². The molecular weight excluding hydrogens is 264 g/mol. The van der Waals surface area contributed by atoms with Crippen molar-refractivity contribution < 1.29 is 0 Å². The van der Waals surface area contributed by atoms with Gasteiger partial charge in [-0.1, -0.05) is 0 Å². The molecule has 0 saturated carbocycles. The number of aromatic nitrogens is 3. The van der Waals surface area contributed by atoms with Crippen LogP contribution in [-0.2, 0) is 0 Å². The van der Waals surface area contributed by atoms with Crippen LogP contribution >= 0.6 is 0 Å². The second kappa shape index (κ2) is 6.18. The third-order valence-electron chi connectivity index (χ3n) is 3.56. The highest BCUT2D eigenvalue weighted by molar-refractivity contribution is 5.54. The van der Waals surface area contributed by atoms with Crippen LogP contribution < -0.4 is 10.2 Å². The molecule has 3 rings (SSSR count). The Hall–Kier alpha value is -2.68. The van der Waals surface area contributed by atoms with E-state index in [0.717, 1.165) is 37.6 Å². The summed E-state index contributed by atoms with van der Waals surface area (Å²) in [4.78, 5) is 14.6. The van der Waals surface area contributed by atoms with Crippen LogP contribution in [0.3, 0.4) is 0 Å². The van der Waals surface area contributed by atoms with Gasteiger partial charge in [0, 0.05) is 31.5 Å². The van der Waals surface area contributed by atoms with Crippen molar-refractivity contribution in [3.8, 4) is 6.07 Å². The summed E-state index contributed by atoms with van der Waals surface area (Å²) in [6.07, 6.45) is 7.13. The van der Waals surface area contributed by atoms with Gasteiger partial charge in [-0.3, -0.25) is 0 Å². The molecule has 0 amide bonds. The SMILES string of the molecule is N#Cc1cccnc1N1CCCC(Nc2ccncn2)C1. The fraction of sp³-hybridized carbons (Fsp3) is 0.333. The van der Waals surface area contributed by atoms with E-state index in [-0.39, 0.29) is 0 Å². The van der Waals surface area contributed by atoms with Crippen LogP contribution in [-0.4, -0.2) is 34.1 Å². The highest BCUT2D eigenvalue weighted by Gasteiger charge is 2.22. The minimum absolute atomic E-state index is 0.294. The molecule has 1 aliphatic rings. The molecule has 1 unspecified atom stereocenters. The first-order valence-corrected chi connectivity index (χ1v) is 6.99. The van der Waals surface area contributed by atoms with E-state index in [1.807, 2.05) is 12.1 Å². The number of pyridine rings is 1. The summed E-state index contributed by atoms with van der Waals surface area (Å²) in [6, 6.07) is 7.97. The van der Waals surface area contributed by atoms with Crippen LogP contribution in [0.15, 0.2) is 36.9 Å². The lowest BCUT2D eigenvalue weighted by Crippen LogP contribution is -2.43. The molecule has 21 heavy (non-hydrogen) atoms. The second-order valence-corrected chi connectivity index (χ2v) is 5.01. The Morgan fingerprint density at radius 2 is 2.24 bits per heavy atom. The van der Waals surface area contributed by atoms with Crippen molar-refractivity contribution in [1.29, 1.82) is 5.26 Å². The molecule has 1 saturated heterocycles. The zero-order valence-electron chi connectivity index (χ0n) is 11.6. The van der Waals surface area contributed by atoms with Crippen molar-refractivity contribution in [2.75, 3.05) is 23.3 Å². The first-order chi connectivity index (χ1) is 10.4. The van der Waals surface area contributed by atoms with Crippen LogP contribution in [0.5, 0.6) is 0 Å². The summed E-state index contributed by atoms with van der Waals surface area (Å²) in [6.45, 7) is 1.74. The molecule has 6 nitrogen and oxygen atoms in total. The third kappa shape index (κ3) is 3.08. The maximum Gasteiger partial charge on any atom is 0.146 e. The third-order valence-corrected chi connectivity index (χ3v) is 3.56. The van der Waals surface area contributed by atoms with Gasteiger partial charge < -0.3 is 10.2 Å². The molecule has 1 N–H and O–H groups in total. The number of nitrogens with zero attached hydrogens (tertiary/aromatic N) is 5. The van der Waals surface area contributed by atoms with Gasteiger partial charge in [-0.2, -0.15) is 5.26 Å². The van der Waals surface area contributed by atoms with Crippen molar-refractivity contribution in [2.24, 2.45) is 0 Å². The van der Waals surface area contributed by atoms with E-state index in [1.165, 1.54) is 6.33 Å². The molecule has 0 spiro atoms. The summed E-state index contributed by atoms with van der Waals surface area (Å²) in [5, 5.41) is 12.6. The maximum absolute atomic E-state index is 9.20. The van der Waals surface area contributed by atoms with Crippen LogP contribution in [0, 0.1) is 11.3 Å². The van der Waals surface area contributed by atoms with Crippen LogP contribution in [0.1, 0.15) is 18.4 Å². The number of piperidine rings is 1. The monoisotopic (exact) mass is 280 g/mol. The number of rotatable bonds is 3. The second-order valence-electron chi connectivity index (χ2n) is 5.01. The molecule has 3 heterocycles. The maximum atomic E-state index is 9.20. The van der Waals surface area contributed by atoms with Gasteiger partial charge in [0.05, 0.1) is 5.56 Å². The van der Waals surface area contributed by atoms with Crippen LogP contribution in [0.25, 0.3) is 0 Å². The van der Waals surface area contributed by atoms with E-state index in [0.29, 0.717) is 11.6 Å². The van der Waals surface area contributed by atoms with Gasteiger partial charge in [-0.15, -0.1) is 0 Å². The molecule has 0 radical (unpaired) electrons. The first kappa shape index (κ1) is 13.3. The van der Waals surface area contributed by atoms with E-state index in [2.05, 4.69) is 31.2 Å². The highest BCUT2D eigenvalue weighted by Crippen LogP contribution is 2.22. The summed E-state index contributed by atoms with van der Waals surface area (Å²) >= 11 is 0. The average Bonchev–Trinajstić information content (AvgIpc) is 2.56. The Bertz CT molecular complexity index is 636. The Morgan fingerprint density at radius 1 is 1.29 bits per heavy atom. The lowest BCUT2D eigenvalue weighted by molar-refractivity contribution is 0.525. The molecule has 1 atom stereocenters. The van der Waals surface area contributed by atoms with E-state index in [4.69, 9.17) is 0 Å². The quantitative estimate of drug-likeness (QED) is 0.924. The molecule has 2 aromatic rings. The lowest BCUT2D eigenvalue weighted by Gasteiger charge is -2.34. The fourth-order valence-corrected chi connectivity index (χ4v) is 2.61. The number of hydrogen-bond acceptors (Lipinski definition) is 6. The molecule has 1 fully saturated rings. The number of nitriles is 1. The molecule has 1 aliphatic heterocycles. The Labute approximate surface area is 123 Å². The smallest absolute Gasteiger partial charge is 0.146 e. The van der Waals surface area contributed by atoms with E-state index in [9.17, 15) is 5.26 Å². The standard InChI is InChI=1S/C15H16N6/c16-9-12-3-1-6-18-15(12)21-8-2-4-13(10-21)20-14-5-7-17-11-19-14/h1,3,5-7,11,13H,2,4,8,10H2,(H,17,19,20). The predicted octanol–water partition coefficient (Wildman–Crippen LogP) is 1.82. The van der Waals surface area contributed by atoms with E-state index >= 15 is 0 Å². The predicted molar refractivity (Wildman–Crippen MR) is 79.8 cm³/mol. The number of anilines is 2. The zero-order chi connectivity index (χ0) is 14.5. The molecule has 106 valence electrons. The first-order valence-electron chi connectivity index (χ1n) is 6.99. The summed E-state index contributed by atoms with van der Waals surface area (Å²) in [5.74, 6) is 1.60. The summed E-state index contributed by atoms with van der Waals surface area (Å²) in [5.41, 5.74) is 0.625. The number of hydrogen-bond donors (Lipinski definition) is 1. The molecule has 0 bridgehead atoms. The summed E-state index contributed by atoms with van der Waals surface area (Å²) < 4.78 is 0. The molecule has 0 aromatic carbocycles. The van der Waals surface area contributed by atoms with Gasteiger partial charge in [-0.25, -0.2) is 15.0 Å². The molecule has 0 aliphatic carbocycles. The normalized spacial score (nSPS) is 18.0. The van der Waals surface area contributed by atoms with Crippen molar-refractivity contribution in [2.45, 2.75) is 18.9 Å². The van der Waals surface area contributed by atoms with Crippen molar-refractivity contribution in [3.05, 3.63) is 42.5 Å². The van der Waals surface area contributed by atoms with Gasteiger partial charge in [0.2, 0.25) is 0 Å². The van der Waals surface area contributed by atoms with Gasteiger partial charge in [-0.05, 0) is 31.0 Å². The molecule has 6 heteroatoms. The number of nitrogens with one attached hydrogen (secondary N) is 1. The highest BCUT2D eigenvalue weighted by atomic mass is 15.2. The Balaban J connectivity index is 1.73. The van der Waals surface area contributed by atoms with Crippen molar-refractivity contribution in [3.63, 3.8) is 0 Å². The minimum atomic E-state index is 0.294. The van der Waals surface area contributed by atoms with Gasteiger partial charge in [0.15, 0.2) is 0 Å². The fourth-order valence-electron chi connectivity index (χ4n) is 2.61. The van der Waals surface area contributed by atoms with Crippen molar-refractivity contribution >= 4 is 11.6 Å². The lowest BCUT2D eigenvalue weighted by atomic mass is 10.1. The Kier molecular flexibility index (Phi) is 3.92. The largest absolute Gasteiger partial charge is 0.365 e. The van der Waals surface area contributed by atoms with Crippen molar-refractivity contribution in [1.82, 2.24) is 15.0 Å². The van der Waals surface area contributed by atoms with Gasteiger partial charge in [0.1, 0.15) is 24.0 Å². The van der Waals surface area contributed by atoms with E-state index in [1.54, 1.807) is 18.5 Å². The topological polar surface area (TPSA) is 77.7 Å². The minimum Gasteiger partial charge on any atom is -0.365 e. The zero-order valence-corrected chi connectivity index (χ0v) is 11.6. The van der Waals surface area contributed by atoms with Gasteiger partial charge in [0.25, 0.3) is 0 Å². The van der Waals surface area contributed by atoms with Gasteiger partial charge >= 0.3 is 0 Å².